The quantitative estimate of drug-likeness (QED) is 0.560. The molecule has 1 aliphatic carbocycles. The van der Waals surface area contributed by atoms with Crippen LogP contribution < -0.4 is 0 Å². The van der Waals surface area contributed by atoms with E-state index in [0.717, 1.165) is 12.2 Å². The van der Waals surface area contributed by atoms with Gasteiger partial charge < -0.3 is 4.74 Å². The molecule has 0 amide bonds. The van der Waals surface area contributed by atoms with E-state index in [1.165, 1.54) is 18.4 Å². The molecule has 0 atom stereocenters. The topological polar surface area (TPSA) is 38.7 Å². The predicted octanol–water partition coefficient (Wildman–Crippen LogP) is 2.20. The third-order valence-electron chi connectivity index (χ3n) is 3.14. The molecule has 0 saturated heterocycles. The molecule has 1 aromatic rings. The first-order valence-corrected chi connectivity index (χ1v) is 5.43. The Hall–Kier alpha value is -1.44. The molecular weight excluding hydrogens is 202 g/mol. The van der Waals surface area contributed by atoms with Crippen LogP contribution >= 0.6 is 0 Å². The van der Waals surface area contributed by atoms with Gasteiger partial charge >= 0.3 is 0 Å². The van der Waals surface area contributed by atoms with Crippen molar-refractivity contribution in [2.45, 2.75) is 24.8 Å². The number of rotatable bonds is 5. The number of ether oxygens (including phenoxy) is 1. The minimum atomic E-state index is 0.218. The second-order valence-electron chi connectivity index (χ2n) is 4.32. The Kier molecular flexibility index (Phi) is 3.18. The summed E-state index contributed by atoms with van der Waals surface area (Å²) in [5.74, 6) is 0. The van der Waals surface area contributed by atoms with Crippen molar-refractivity contribution in [2.24, 2.45) is 4.99 Å². The van der Waals surface area contributed by atoms with Crippen LogP contribution in [0, 0.1) is 0 Å². The highest BCUT2D eigenvalue weighted by Gasteiger charge is 2.44. The fourth-order valence-electron chi connectivity index (χ4n) is 2.07. The molecule has 3 heteroatoms. The van der Waals surface area contributed by atoms with Gasteiger partial charge in [0.05, 0.1) is 13.2 Å². The van der Waals surface area contributed by atoms with Crippen LogP contribution in [0.15, 0.2) is 29.3 Å². The summed E-state index contributed by atoms with van der Waals surface area (Å²) < 4.78 is 5.26. The molecule has 0 spiro atoms. The van der Waals surface area contributed by atoms with E-state index < -0.39 is 0 Å². The van der Waals surface area contributed by atoms with Crippen LogP contribution in [-0.4, -0.2) is 19.8 Å². The van der Waals surface area contributed by atoms with Gasteiger partial charge in [-0.1, -0.05) is 24.3 Å². The van der Waals surface area contributed by atoms with E-state index in [0.29, 0.717) is 6.54 Å². The van der Waals surface area contributed by atoms with Gasteiger partial charge in [-0.15, -0.1) is 0 Å². The lowest BCUT2D eigenvalue weighted by Gasteiger charge is -2.15. The minimum absolute atomic E-state index is 0.218. The highest BCUT2D eigenvalue weighted by atomic mass is 16.5. The summed E-state index contributed by atoms with van der Waals surface area (Å²) in [7, 11) is 1.74. The van der Waals surface area contributed by atoms with Crippen molar-refractivity contribution >= 4 is 6.08 Å². The van der Waals surface area contributed by atoms with Gasteiger partial charge in [0.2, 0.25) is 6.08 Å². The highest BCUT2D eigenvalue weighted by molar-refractivity contribution is 5.37. The Morgan fingerprint density at radius 1 is 1.50 bits per heavy atom. The van der Waals surface area contributed by atoms with E-state index in [4.69, 9.17) is 4.74 Å². The summed E-state index contributed by atoms with van der Waals surface area (Å²) >= 11 is 0. The van der Waals surface area contributed by atoms with Crippen molar-refractivity contribution in [2.75, 3.05) is 13.7 Å². The van der Waals surface area contributed by atoms with Crippen LogP contribution in [0.5, 0.6) is 0 Å². The maximum atomic E-state index is 10.1. The Morgan fingerprint density at radius 2 is 2.31 bits per heavy atom. The van der Waals surface area contributed by atoms with Gasteiger partial charge in [-0.25, -0.2) is 9.79 Å². The normalized spacial score (nSPS) is 16.6. The summed E-state index contributed by atoms with van der Waals surface area (Å²) in [6, 6.07) is 8.24. The lowest BCUT2D eigenvalue weighted by molar-refractivity contribution is 0.171. The molecule has 0 bridgehead atoms. The zero-order valence-electron chi connectivity index (χ0n) is 9.40. The standard InChI is InChI=1S/C13H15NO2/c1-16-9-13(5-6-13)12-4-2-3-11(7-12)8-14-10-15/h2-4,7H,5-6,8-9H2,1H3. The van der Waals surface area contributed by atoms with Crippen LogP contribution in [-0.2, 0) is 21.5 Å². The van der Waals surface area contributed by atoms with E-state index in [9.17, 15) is 4.79 Å². The smallest absolute Gasteiger partial charge is 0.235 e. The molecule has 0 heterocycles. The van der Waals surface area contributed by atoms with Crippen LogP contribution in [0.4, 0.5) is 0 Å². The molecule has 84 valence electrons. The number of methoxy groups -OCH3 is 1. The second kappa shape index (κ2) is 4.60. The van der Waals surface area contributed by atoms with Gasteiger partial charge in [-0.05, 0) is 24.0 Å². The van der Waals surface area contributed by atoms with Crippen molar-refractivity contribution in [3.63, 3.8) is 0 Å². The molecule has 1 saturated carbocycles. The first kappa shape index (κ1) is 11.1. The summed E-state index contributed by atoms with van der Waals surface area (Å²) in [6.07, 6.45) is 3.93. The number of hydrogen-bond donors (Lipinski definition) is 0. The number of carbonyl (C=O) groups excluding carboxylic acids is 1. The largest absolute Gasteiger partial charge is 0.384 e. The van der Waals surface area contributed by atoms with Gasteiger partial charge in [0, 0.05) is 12.5 Å². The third-order valence-corrected chi connectivity index (χ3v) is 3.14. The Bertz CT molecular complexity index is 418. The average Bonchev–Trinajstić information content (AvgIpc) is 3.08. The Balaban J connectivity index is 2.19. The van der Waals surface area contributed by atoms with Crippen molar-refractivity contribution < 1.29 is 9.53 Å². The molecular formula is C13H15NO2. The number of isocyanates is 1. The van der Waals surface area contributed by atoms with Crippen LogP contribution in [0.3, 0.4) is 0 Å². The van der Waals surface area contributed by atoms with Crippen molar-refractivity contribution in [1.82, 2.24) is 0 Å². The molecule has 1 aromatic carbocycles. The summed E-state index contributed by atoms with van der Waals surface area (Å²) in [5, 5.41) is 0. The zero-order valence-corrected chi connectivity index (χ0v) is 9.40. The van der Waals surface area contributed by atoms with E-state index in [-0.39, 0.29) is 5.41 Å². The number of hydrogen-bond acceptors (Lipinski definition) is 3. The molecule has 0 aromatic heterocycles. The monoisotopic (exact) mass is 217 g/mol. The van der Waals surface area contributed by atoms with Gasteiger partial charge in [0.1, 0.15) is 0 Å². The SMILES string of the molecule is COCC1(c2cccc(CN=C=O)c2)CC1. The number of benzene rings is 1. The second-order valence-corrected chi connectivity index (χ2v) is 4.32. The molecule has 0 N–H and O–H groups in total. The van der Waals surface area contributed by atoms with Gasteiger partial charge in [0.15, 0.2) is 0 Å². The van der Waals surface area contributed by atoms with Crippen LogP contribution in [0.2, 0.25) is 0 Å². The summed E-state index contributed by atoms with van der Waals surface area (Å²) in [5.41, 5.74) is 2.58. The van der Waals surface area contributed by atoms with E-state index in [1.807, 2.05) is 12.1 Å². The van der Waals surface area contributed by atoms with Crippen molar-refractivity contribution in [1.29, 1.82) is 0 Å². The highest BCUT2D eigenvalue weighted by Crippen LogP contribution is 2.48. The van der Waals surface area contributed by atoms with E-state index in [1.54, 1.807) is 13.2 Å². The Labute approximate surface area is 95.2 Å². The average molecular weight is 217 g/mol. The van der Waals surface area contributed by atoms with Crippen molar-refractivity contribution in [3.05, 3.63) is 35.4 Å². The molecule has 1 fully saturated rings. The molecule has 1 aliphatic rings. The fourth-order valence-corrected chi connectivity index (χ4v) is 2.07. The minimum Gasteiger partial charge on any atom is -0.384 e. The number of aliphatic imine (C=N–C) groups is 1. The maximum Gasteiger partial charge on any atom is 0.235 e. The van der Waals surface area contributed by atoms with Gasteiger partial charge in [0.25, 0.3) is 0 Å². The summed E-state index contributed by atoms with van der Waals surface area (Å²) in [4.78, 5) is 13.7. The third kappa shape index (κ3) is 2.21. The molecule has 0 unspecified atom stereocenters. The van der Waals surface area contributed by atoms with Gasteiger partial charge in [-0.3, -0.25) is 0 Å². The molecule has 2 rings (SSSR count). The first-order chi connectivity index (χ1) is 7.80. The zero-order chi connectivity index (χ0) is 11.4. The van der Waals surface area contributed by atoms with Crippen LogP contribution in [0.1, 0.15) is 24.0 Å². The first-order valence-electron chi connectivity index (χ1n) is 5.43. The fraction of sp³-hybridized carbons (Fsp3) is 0.462. The lowest BCUT2D eigenvalue weighted by atomic mass is 9.95. The van der Waals surface area contributed by atoms with Gasteiger partial charge in [-0.2, -0.15) is 0 Å². The lowest BCUT2D eigenvalue weighted by Crippen LogP contribution is -2.14. The van der Waals surface area contributed by atoms with E-state index in [2.05, 4.69) is 17.1 Å². The van der Waals surface area contributed by atoms with Crippen LogP contribution in [0.25, 0.3) is 0 Å². The number of nitrogens with zero attached hydrogens (tertiary/aromatic N) is 1. The predicted molar refractivity (Wildman–Crippen MR) is 61.1 cm³/mol. The molecule has 0 aliphatic heterocycles. The van der Waals surface area contributed by atoms with E-state index >= 15 is 0 Å². The molecule has 16 heavy (non-hydrogen) atoms. The van der Waals surface area contributed by atoms with Crippen molar-refractivity contribution in [3.8, 4) is 0 Å². The Morgan fingerprint density at radius 3 is 2.94 bits per heavy atom. The molecule has 3 nitrogen and oxygen atoms in total. The maximum absolute atomic E-state index is 10.1. The molecule has 0 radical (unpaired) electrons. The summed E-state index contributed by atoms with van der Waals surface area (Å²) in [6.45, 7) is 1.19.